The van der Waals surface area contributed by atoms with Crippen LogP contribution in [-0.4, -0.2) is 27.3 Å². The molecule has 0 spiro atoms. The van der Waals surface area contributed by atoms with Gasteiger partial charge in [-0.3, -0.25) is 9.52 Å². The number of esters is 1. The first-order valence-electron chi connectivity index (χ1n) is 10.4. The second kappa shape index (κ2) is 9.58. The number of methoxy groups -OCH3 is 1. The van der Waals surface area contributed by atoms with Crippen molar-refractivity contribution in [3.05, 3.63) is 101 Å². The van der Waals surface area contributed by atoms with Crippen molar-refractivity contribution in [1.82, 2.24) is 0 Å². The summed E-state index contributed by atoms with van der Waals surface area (Å²) in [5.74, 6) is -0.951. The largest absolute Gasteiger partial charge is 0.465 e. The summed E-state index contributed by atoms with van der Waals surface area (Å²) in [4.78, 5) is 24.4. The summed E-state index contributed by atoms with van der Waals surface area (Å²) in [6.45, 7) is 6.31. The molecule has 3 aromatic carbocycles. The summed E-state index contributed by atoms with van der Waals surface area (Å²) in [7, 11) is -2.45. The van der Waals surface area contributed by atoms with Crippen molar-refractivity contribution in [2.24, 2.45) is 0 Å². The van der Waals surface area contributed by atoms with Crippen LogP contribution in [0.25, 0.3) is 0 Å². The fourth-order valence-corrected chi connectivity index (χ4v) is 4.49. The standard InChI is InChI=1S/C26H27NO5S/c1-26(2,3)22-14-12-19(13-15-22)24(28)21-6-5-7-23(16-21)27-33(30,31)17-18-8-10-20(11-9-18)25(29)32-4/h5-16,27H,17H2,1-4H3. The van der Waals surface area contributed by atoms with E-state index in [1.165, 1.54) is 25.3 Å². The molecule has 1 N–H and O–H groups in total. The van der Waals surface area contributed by atoms with Crippen molar-refractivity contribution in [1.29, 1.82) is 0 Å². The van der Waals surface area contributed by atoms with Crippen LogP contribution in [0.1, 0.15) is 58.2 Å². The lowest BCUT2D eigenvalue weighted by atomic mass is 9.86. The Morgan fingerprint density at radius 1 is 0.848 bits per heavy atom. The van der Waals surface area contributed by atoms with Gasteiger partial charge in [0.25, 0.3) is 0 Å². The molecule has 33 heavy (non-hydrogen) atoms. The molecule has 0 heterocycles. The van der Waals surface area contributed by atoms with Gasteiger partial charge in [-0.05, 0) is 40.8 Å². The van der Waals surface area contributed by atoms with Crippen LogP contribution >= 0.6 is 0 Å². The highest BCUT2D eigenvalue weighted by atomic mass is 32.2. The van der Waals surface area contributed by atoms with Crippen molar-refractivity contribution in [2.75, 3.05) is 11.8 Å². The molecule has 0 atom stereocenters. The molecule has 0 aliphatic rings. The molecule has 3 rings (SSSR count). The van der Waals surface area contributed by atoms with E-state index in [4.69, 9.17) is 0 Å². The normalized spacial score (nSPS) is 11.6. The Hall–Kier alpha value is -3.45. The van der Waals surface area contributed by atoms with Crippen LogP contribution in [0.2, 0.25) is 0 Å². The molecular formula is C26H27NO5S. The van der Waals surface area contributed by atoms with Gasteiger partial charge >= 0.3 is 5.97 Å². The molecule has 0 radical (unpaired) electrons. The smallest absolute Gasteiger partial charge is 0.337 e. The molecule has 3 aromatic rings. The van der Waals surface area contributed by atoms with Crippen molar-refractivity contribution >= 4 is 27.5 Å². The zero-order valence-corrected chi connectivity index (χ0v) is 19.9. The number of carbonyl (C=O) groups is 2. The second-order valence-corrected chi connectivity index (χ2v) is 10.5. The lowest BCUT2D eigenvalue weighted by Gasteiger charge is -2.19. The number of nitrogens with one attached hydrogen (secondary N) is 1. The number of ketones is 1. The zero-order chi connectivity index (χ0) is 24.2. The molecular weight excluding hydrogens is 438 g/mol. The molecule has 172 valence electrons. The number of sulfonamides is 1. The summed E-state index contributed by atoms with van der Waals surface area (Å²) in [6, 6.07) is 20.0. The molecule has 0 amide bonds. The maximum absolute atomic E-state index is 12.9. The third-order valence-electron chi connectivity index (χ3n) is 5.14. The third kappa shape index (κ3) is 6.29. The van der Waals surface area contributed by atoms with E-state index in [-0.39, 0.29) is 17.0 Å². The molecule has 0 aromatic heterocycles. The van der Waals surface area contributed by atoms with Crippen molar-refractivity contribution < 1.29 is 22.7 Å². The summed E-state index contributed by atoms with van der Waals surface area (Å²) in [6.07, 6.45) is 0. The van der Waals surface area contributed by atoms with Gasteiger partial charge in [0, 0.05) is 16.8 Å². The van der Waals surface area contributed by atoms with Crippen LogP contribution in [0.5, 0.6) is 0 Å². The highest BCUT2D eigenvalue weighted by molar-refractivity contribution is 7.91. The summed E-state index contributed by atoms with van der Waals surface area (Å²) in [5.41, 5.74) is 3.20. The third-order valence-corrected chi connectivity index (χ3v) is 6.40. The van der Waals surface area contributed by atoms with Gasteiger partial charge in [-0.2, -0.15) is 0 Å². The van der Waals surface area contributed by atoms with E-state index in [2.05, 4.69) is 30.2 Å². The lowest BCUT2D eigenvalue weighted by Crippen LogP contribution is -2.15. The number of hydrogen-bond donors (Lipinski definition) is 1. The molecule has 0 saturated heterocycles. The number of ether oxygens (including phenoxy) is 1. The first-order chi connectivity index (χ1) is 15.5. The molecule has 0 aliphatic heterocycles. The Balaban J connectivity index is 1.73. The summed E-state index contributed by atoms with van der Waals surface area (Å²) >= 11 is 0. The highest BCUT2D eigenvalue weighted by Gasteiger charge is 2.17. The molecule has 0 aliphatic carbocycles. The average Bonchev–Trinajstić information content (AvgIpc) is 2.77. The molecule has 0 saturated carbocycles. The predicted octanol–water partition coefficient (Wildman–Crippen LogP) is 4.94. The van der Waals surface area contributed by atoms with Gasteiger partial charge in [0.2, 0.25) is 10.0 Å². The van der Waals surface area contributed by atoms with Gasteiger partial charge in [-0.15, -0.1) is 0 Å². The minimum atomic E-state index is -3.73. The van der Waals surface area contributed by atoms with Gasteiger partial charge in [-0.1, -0.05) is 69.3 Å². The van der Waals surface area contributed by atoms with Gasteiger partial charge in [0.05, 0.1) is 18.4 Å². The minimum absolute atomic E-state index is 0.0145. The Kier molecular flexibility index (Phi) is 7.03. The summed E-state index contributed by atoms with van der Waals surface area (Å²) < 4.78 is 32.4. The zero-order valence-electron chi connectivity index (χ0n) is 19.1. The quantitative estimate of drug-likeness (QED) is 0.394. The van der Waals surface area contributed by atoms with Crippen LogP contribution in [-0.2, 0) is 25.9 Å². The summed E-state index contributed by atoms with van der Waals surface area (Å²) in [5, 5.41) is 0. The number of carbonyl (C=O) groups excluding carboxylic acids is 2. The fraction of sp³-hybridized carbons (Fsp3) is 0.231. The van der Waals surface area contributed by atoms with Crippen molar-refractivity contribution in [2.45, 2.75) is 31.9 Å². The lowest BCUT2D eigenvalue weighted by molar-refractivity contribution is 0.0600. The van der Waals surface area contributed by atoms with E-state index >= 15 is 0 Å². The first kappa shape index (κ1) is 24.2. The van der Waals surface area contributed by atoms with Gasteiger partial charge in [-0.25, -0.2) is 13.2 Å². The number of benzene rings is 3. The van der Waals surface area contributed by atoms with Crippen molar-refractivity contribution in [3.8, 4) is 0 Å². The first-order valence-corrected chi connectivity index (χ1v) is 12.1. The number of hydrogen-bond acceptors (Lipinski definition) is 5. The fourth-order valence-electron chi connectivity index (χ4n) is 3.30. The van der Waals surface area contributed by atoms with Crippen molar-refractivity contribution in [3.63, 3.8) is 0 Å². The van der Waals surface area contributed by atoms with E-state index in [0.29, 0.717) is 27.9 Å². The Morgan fingerprint density at radius 2 is 1.45 bits per heavy atom. The van der Waals surface area contributed by atoms with Gasteiger partial charge in [0.1, 0.15) is 0 Å². The van der Waals surface area contributed by atoms with Crippen LogP contribution in [0.3, 0.4) is 0 Å². The van der Waals surface area contributed by atoms with Crippen LogP contribution in [0.15, 0.2) is 72.8 Å². The minimum Gasteiger partial charge on any atom is -0.465 e. The number of anilines is 1. The molecule has 0 bridgehead atoms. The van der Waals surface area contributed by atoms with Crippen LogP contribution in [0.4, 0.5) is 5.69 Å². The Morgan fingerprint density at radius 3 is 2.03 bits per heavy atom. The molecule has 6 nitrogen and oxygen atoms in total. The SMILES string of the molecule is COC(=O)c1ccc(CS(=O)(=O)Nc2cccc(C(=O)c3ccc(C(C)(C)C)cc3)c2)cc1. The monoisotopic (exact) mass is 465 g/mol. The molecule has 0 unspecified atom stereocenters. The van der Waals surface area contributed by atoms with Gasteiger partial charge in [0.15, 0.2) is 5.78 Å². The predicted molar refractivity (Wildman–Crippen MR) is 129 cm³/mol. The highest BCUT2D eigenvalue weighted by Crippen LogP contribution is 2.23. The van der Waals surface area contributed by atoms with E-state index in [9.17, 15) is 18.0 Å². The van der Waals surface area contributed by atoms with Gasteiger partial charge < -0.3 is 4.74 Å². The van der Waals surface area contributed by atoms with Crippen LogP contribution < -0.4 is 4.72 Å². The topological polar surface area (TPSA) is 89.5 Å². The Bertz CT molecular complexity index is 1260. The maximum Gasteiger partial charge on any atom is 0.337 e. The van der Waals surface area contributed by atoms with E-state index < -0.39 is 16.0 Å². The van der Waals surface area contributed by atoms with E-state index in [0.717, 1.165) is 5.56 Å². The van der Waals surface area contributed by atoms with E-state index in [1.807, 2.05) is 12.1 Å². The second-order valence-electron chi connectivity index (χ2n) is 8.79. The molecule has 0 fully saturated rings. The van der Waals surface area contributed by atoms with Crippen LogP contribution in [0, 0.1) is 0 Å². The molecule has 7 heteroatoms. The Labute approximate surface area is 194 Å². The average molecular weight is 466 g/mol. The van der Waals surface area contributed by atoms with E-state index in [1.54, 1.807) is 42.5 Å². The maximum atomic E-state index is 12.9. The number of rotatable bonds is 7.